The molecule has 0 rings (SSSR count). The summed E-state index contributed by atoms with van der Waals surface area (Å²) in [7, 11) is 1.77. The second kappa shape index (κ2) is 4.05. The van der Waals surface area contributed by atoms with Crippen molar-refractivity contribution in [3.05, 3.63) is 0 Å². The van der Waals surface area contributed by atoms with Crippen molar-refractivity contribution in [1.29, 1.82) is 0 Å². The molecule has 0 aromatic rings. The molecule has 0 fully saturated rings. The van der Waals surface area contributed by atoms with Gasteiger partial charge in [0.1, 0.15) is 0 Å². The third kappa shape index (κ3) is 3.72. The molecule has 0 unspecified atom stereocenters. The Balaban J connectivity index is 2.83. The van der Waals surface area contributed by atoms with E-state index in [9.17, 15) is 0 Å². The van der Waals surface area contributed by atoms with Crippen LogP contribution in [0.25, 0.3) is 0 Å². The maximum atomic E-state index is 8.36. The van der Waals surface area contributed by atoms with Crippen LogP contribution >= 0.6 is 0 Å². The predicted octanol–water partition coefficient (Wildman–Crippen LogP) is -0.909. The molecule has 0 aliphatic heterocycles. The van der Waals surface area contributed by atoms with E-state index in [0.29, 0.717) is 0 Å². The smallest absolute Gasteiger partial charge is 0.0595 e. The van der Waals surface area contributed by atoms with Gasteiger partial charge in [-0.05, 0) is 14.0 Å². The normalized spacial score (nSPS) is 14.1. The van der Waals surface area contributed by atoms with Crippen molar-refractivity contribution in [2.45, 2.75) is 13.0 Å². The van der Waals surface area contributed by atoms with E-state index < -0.39 is 0 Å². The number of aliphatic hydroxyl groups is 1. The predicted molar refractivity (Wildman–Crippen MR) is 28.7 cm³/mol. The van der Waals surface area contributed by atoms with Crippen LogP contribution in [-0.4, -0.2) is 24.8 Å². The van der Waals surface area contributed by atoms with Gasteiger partial charge in [0, 0.05) is 6.04 Å². The Morgan fingerprint density at radius 2 is 2.29 bits per heavy atom. The van der Waals surface area contributed by atoms with Crippen molar-refractivity contribution < 1.29 is 5.11 Å². The topological polar surface area (TPSA) is 44.3 Å². The number of rotatable bonds is 3. The van der Waals surface area contributed by atoms with Crippen molar-refractivity contribution in [3.63, 3.8) is 0 Å². The van der Waals surface area contributed by atoms with E-state index in [1.165, 1.54) is 0 Å². The van der Waals surface area contributed by atoms with Gasteiger partial charge in [-0.2, -0.15) is 0 Å². The van der Waals surface area contributed by atoms with Crippen LogP contribution in [0.15, 0.2) is 0 Å². The molecule has 0 heterocycles. The number of hydrogen-bond acceptors (Lipinski definition) is 3. The van der Waals surface area contributed by atoms with Crippen LogP contribution in [0.5, 0.6) is 0 Å². The first-order chi connectivity index (χ1) is 3.31. The zero-order chi connectivity index (χ0) is 5.70. The lowest BCUT2D eigenvalue weighted by atomic mass is 10.4. The summed E-state index contributed by atoms with van der Waals surface area (Å²) in [6.45, 7) is 2.05. The second-order valence-electron chi connectivity index (χ2n) is 1.48. The van der Waals surface area contributed by atoms with Gasteiger partial charge in [0.2, 0.25) is 0 Å². The highest BCUT2D eigenvalue weighted by Crippen LogP contribution is 1.70. The fraction of sp³-hybridized carbons (Fsp3) is 1.00. The standard InChI is InChI=1S/C4H12N2O/c1-4(3-7)6-5-2/h4-7H,3H2,1-2H3/t4-/m0/s1. The summed E-state index contributed by atoms with van der Waals surface area (Å²) in [5, 5.41) is 8.36. The summed E-state index contributed by atoms with van der Waals surface area (Å²) in [5.74, 6) is 0. The van der Waals surface area contributed by atoms with Gasteiger partial charge in [-0.1, -0.05) is 0 Å². The number of hydrogen-bond donors (Lipinski definition) is 3. The number of hydrazine groups is 1. The quantitative estimate of drug-likeness (QED) is 0.406. The summed E-state index contributed by atoms with van der Waals surface area (Å²) in [5.41, 5.74) is 5.50. The van der Waals surface area contributed by atoms with Crippen molar-refractivity contribution in [2.75, 3.05) is 13.7 Å². The largest absolute Gasteiger partial charge is 0.395 e. The molecule has 7 heavy (non-hydrogen) atoms. The Bertz CT molecular complexity index is 40.7. The van der Waals surface area contributed by atoms with Gasteiger partial charge in [-0.15, -0.1) is 0 Å². The Kier molecular flexibility index (Phi) is 3.98. The van der Waals surface area contributed by atoms with Crippen LogP contribution in [0.3, 0.4) is 0 Å². The Labute approximate surface area is 43.7 Å². The lowest BCUT2D eigenvalue weighted by Crippen LogP contribution is -2.38. The van der Waals surface area contributed by atoms with Gasteiger partial charge in [0.15, 0.2) is 0 Å². The molecule has 0 amide bonds. The molecule has 3 nitrogen and oxygen atoms in total. The van der Waals surface area contributed by atoms with Gasteiger partial charge in [0.25, 0.3) is 0 Å². The maximum Gasteiger partial charge on any atom is 0.0595 e. The zero-order valence-electron chi connectivity index (χ0n) is 4.73. The highest BCUT2D eigenvalue weighted by atomic mass is 16.3. The summed E-state index contributed by atoms with van der Waals surface area (Å²) in [4.78, 5) is 0. The third-order valence-corrected chi connectivity index (χ3v) is 0.665. The van der Waals surface area contributed by atoms with E-state index in [2.05, 4.69) is 10.9 Å². The number of nitrogens with one attached hydrogen (secondary N) is 2. The molecular formula is C4H12N2O. The van der Waals surface area contributed by atoms with E-state index >= 15 is 0 Å². The van der Waals surface area contributed by atoms with Crippen LogP contribution in [-0.2, 0) is 0 Å². The molecule has 0 aliphatic rings. The molecule has 0 bridgehead atoms. The minimum Gasteiger partial charge on any atom is -0.395 e. The fourth-order valence-electron chi connectivity index (χ4n) is 0.292. The second-order valence-corrected chi connectivity index (χ2v) is 1.48. The van der Waals surface area contributed by atoms with Gasteiger partial charge in [-0.3, -0.25) is 10.9 Å². The lowest BCUT2D eigenvalue weighted by molar-refractivity contribution is 0.243. The van der Waals surface area contributed by atoms with Crippen LogP contribution < -0.4 is 10.9 Å². The molecule has 3 heteroatoms. The van der Waals surface area contributed by atoms with E-state index in [0.717, 1.165) is 0 Å². The van der Waals surface area contributed by atoms with Crippen LogP contribution in [0.4, 0.5) is 0 Å². The van der Waals surface area contributed by atoms with E-state index in [1.807, 2.05) is 6.92 Å². The molecule has 0 spiro atoms. The molecule has 0 aliphatic carbocycles. The Hall–Kier alpha value is -0.120. The molecule has 0 aromatic carbocycles. The molecule has 0 saturated carbocycles. The molecule has 3 N–H and O–H groups in total. The molecular weight excluding hydrogens is 92.1 g/mol. The first-order valence-corrected chi connectivity index (χ1v) is 2.34. The highest BCUT2D eigenvalue weighted by molar-refractivity contribution is 4.49. The maximum absolute atomic E-state index is 8.36. The molecule has 1 atom stereocenters. The lowest BCUT2D eigenvalue weighted by Gasteiger charge is -2.06. The van der Waals surface area contributed by atoms with Gasteiger partial charge < -0.3 is 5.11 Å². The third-order valence-electron chi connectivity index (χ3n) is 0.665. The van der Waals surface area contributed by atoms with E-state index in [-0.39, 0.29) is 12.6 Å². The summed E-state index contributed by atoms with van der Waals surface area (Å²) < 4.78 is 0. The Morgan fingerprint density at radius 3 is 2.43 bits per heavy atom. The summed E-state index contributed by atoms with van der Waals surface area (Å²) >= 11 is 0. The monoisotopic (exact) mass is 104 g/mol. The van der Waals surface area contributed by atoms with Crippen LogP contribution in [0, 0.1) is 0 Å². The van der Waals surface area contributed by atoms with Gasteiger partial charge in [-0.25, -0.2) is 0 Å². The summed E-state index contributed by atoms with van der Waals surface area (Å²) in [6.07, 6.45) is 0. The average molecular weight is 104 g/mol. The summed E-state index contributed by atoms with van der Waals surface area (Å²) in [6, 6.07) is 0.144. The zero-order valence-corrected chi connectivity index (χ0v) is 4.73. The molecule has 44 valence electrons. The van der Waals surface area contributed by atoms with Crippen molar-refractivity contribution in [2.24, 2.45) is 0 Å². The minimum absolute atomic E-state index is 0.144. The van der Waals surface area contributed by atoms with Crippen molar-refractivity contribution in [3.8, 4) is 0 Å². The van der Waals surface area contributed by atoms with Crippen LogP contribution in [0.1, 0.15) is 6.92 Å². The van der Waals surface area contributed by atoms with Gasteiger partial charge in [0.05, 0.1) is 6.61 Å². The first-order valence-electron chi connectivity index (χ1n) is 2.34. The average Bonchev–Trinajstić information content (AvgIpc) is 1.68. The minimum atomic E-state index is 0.144. The SMILES string of the molecule is CNN[C@@H](C)CO. The fourth-order valence-corrected chi connectivity index (χ4v) is 0.292. The van der Waals surface area contributed by atoms with Gasteiger partial charge >= 0.3 is 0 Å². The Morgan fingerprint density at radius 1 is 1.71 bits per heavy atom. The van der Waals surface area contributed by atoms with Crippen molar-refractivity contribution >= 4 is 0 Å². The first kappa shape index (κ1) is 6.88. The molecule has 0 radical (unpaired) electrons. The highest BCUT2D eigenvalue weighted by Gasteiger charge is 1.91. The van der Waals surface area contributed by atoms with E-state index in [4.69, 9.17) is 5.11 Å². The van der Waals surface area contributed by atoms with E-state index in [1.54, 1.807) is 7.05 Å². The molecule has 0 saturated heterocycles. The van der Waals surface area contributed by atoms with Crippen molar-refractivity contribution in [1.82, 2.24) is 10.9 Å². The number of aliphatic hydroxyl groups excluding tert-OH is 1. The van der Waals surface area contributed by atoms with Crippen LogP contribution in [0.2, 0.25) is 0 Å². The molecule has 0 aromatic heterocycles.